The summed E-state index contributed by atoms with van der Waals surface area (Å²) in [5, 5.41) is 29.2. The summed E-state index contributed by atoms with van der Waals surface area (Å²) in [5.41, 5.74) is 0. The Morgan fingerprint density at radius 2 is 1.39 bits per heavy atom. The van der Waals surface area contributed by atoms with Crippen molar-refractivity contribution in [2.45, 2.75) is 19.4 Å². The van der Waals surface area contributed by atoms with E-state index in [0.29, 0.717) is 23.2 Å². The fourth-order valence-corrected chi connectivity index (χ4v) is 1.31. The van der Waals surface area contributed by atoms with Gasteiger partial charge in [0.25, 0.3) is 0 Å². The quantitative estimate of drug-likeness (QED) is 0.194. The van der Waals surface area contributed by atoms with Crippen LogP contribution in [0.25, 0.3) is 0 Å². The fraction of sp³-hybridized carbons (Fsp3) is 0.538. The molecule has 9 nitrogen and oxygen atoms in total. The first-order valence-corrected chi connectivity index (χ1v) is 6.11. The molecule has 0 aliphatic rings. The predicted molar refractivity (Wildman–Crippen MR) is 73.0 cm³/mol. The topological polar surface area (TPSA) is 147 Å². The summed E-state index contributed by atoms with van der Waals surface area (Å²) in [6.45, 7) is 1.71. The van der Waals surface area contributed by atoms with Gasteiger partial charge in [0.05, 0.1) is 33.1 Å². The van der Waals surface area contributed by atoms with Crippen LogP contribution in [0.5, 0.6) is 0 Å². The number of esters is 1. The molecule has 0 radical (unpaired) electrons. The number of rotatable bonds is 7. The standard InChI is InChI=1S/C9H17NO4.C4H4O4.Mg/c1-7(11)14-8(5-9(12)13)6-10(2,3)4;5-3(6)1-2-4(7)8;/h8H,5-6H2,1-4H3;1-2H,(H,5,6)(H,7,8);/q;;+2/p-2/t8-;;/m1../s1. The van der Waals surface area contributed by atoms with Crippen LogP contribution in [0.2, 0.25) is 0 Å². The van der Waals surface area contributed by atoms with Gasteiger partial charge >= 0.3 is 29.0 Å². The van der Waals surface area contributed by atoms with Crippen molar-refractivity contribution >= 4 is 46.9 Å². The molecule has 0 heterocycles. The number of carboxylic acid groups (broad SMARTS) is 3. The Labute approximate surface area is 150 Å². The van der Waals surface area contributed by atoms with Crippen LogP contribution in [0.3, 0.4) is 0 Å². The van der Waals surface area contributed by atoms with Crippen LogP contribution in [0.4, 0.5) is 0 Å². The number of likely N-dealkylation sites (N-methyl/N-ethyl adjacent to an activating group) is 1. The third-order valence-electron chi connectivity index (χ3n) is 1.83. The van der Waals surface area contributed by atoms with E-state index in [1.807, 2.05) is 21.1 Å². The third-order valence-corrected chi connectivity index (χ3v) is 1.83. The van der Waals surface area contributed by atoms with Crippen LogP contribution in [0, 0.1) is 0 Å². The molecule has 0 fully saturated rings. The van der Waals surface area contributed by atoms with Crippen LogP contribution in [0.1, 0.15) is 13.3 Å². The van der Waals surface area contributed by atoms with Crippen LogP contribution >= 0.6 is 0 Å². The number of hydrogen-bond donors (Lipinski definition) is 0. The van der Waals surface area contributed by atoms with Gasteiger partial charge in [-0.2, -0.15) is 0 Å². The molecule has 0 saturated heterocycles. The predicted octanol–water partition coefficient (Wildman–Crippen LogP) is -4.57. The molecule has 10 heteroatoms. The van der Waals surface area contributed by atoms with Crippen molar-refractivity contribution in [1.29, 1.82) is 0 Å². The maximum absolute atomic E-state index is 10.7. The largest absolute Gasteiger partial charge is 2.00 e. The summed E-state index contributed by atoms with van der Waals surface area (Å²) >= 11 is 0. The van der Waals surface area contributed by atoms with Crippen LogP contribution in [-0.4, -0.2) is 85.2 Å². The van der Waals surface area contributed by atoms with E-state index in [9.17, 15) is 34.5 Å². The SMILES string of the molecule is CC(=O)O[C@H](CC(=O)[O-])C[N+](C)(C)C.O=C([O-])C=CC(=O)[O-].[Mg+2]. The number of carboxylic acids is 3. The summed E-state index contributed by atoms with van der Waals surface area (Å²) in [4.78, 5) is 39.9. The number of ether oxygens (including phenoxy) is 1. The Hall–Kier alpha value is -1.65. The van der Waals surface area contributed by atoms with Crippen LogP contribution < -0.4 is 15.3 Å². The smallest absolute Gasteiger partial charge is 0.550 e. The molecular formula is C13H19MgNO8. The zero-order valence-electron chi connectivity index (χ0n) is 13.6. The summed E-state index contributed by atoms with van der Waals surface area (Å²) in [7, 11) is 5.68. The maximum Gasteiger partial charge on any atom is 2.00 e. The van der Waals surface area contributed by atoms with Crippen LogP contribution in [-0.2, 0) is 23.9 Å². The number of aliphatic carboxylic acids is 3. The number of carbonyl (C=O) groups excluding carboxylic acids is 4. The van der Waals surface area contributed by atoms with Crippen molar-refractivity contribution in [3.8, 4) is 0 Å². The number of hydrogen-bond acceptors (Lipinski definition) is 8. The van der Waals surface area contributed by atoms with Gasteiger partial charge in [-0.05, 0) is 12.2 Å². The molecule has 0 aromatic rings. The normalized spacial score (nSPS) is 11.5. The average molecular weight is 342 g/mol. The number of carbonyl (C=O) groups is 4. The minimum Gasteiger partial charge on any atom is -0.550 e. The monoisotopic (exact) mass is 341 g/mol. The Morgan fingerprint density at radius 3 is 1.61 bits per heavy atom. The van der Waals surface area contributed by atoms with Gasteiger partial charge in [0.1, 0.15) is 6.54 Å². The van der Waals surface area contributed by atoms with Crippen molar-refractivity contribution < 1.29 is 43.7 Å². The Balaban J connectivity index is -0.000000382. The van der Waals surface area contributed by atoms with Gasteiger partial charge in [-0.15, -0.1) is 0 Å². The van der Waals surface area contributed by atoms with E-state index in [2.05, 4.69) is 0 Å². The molecule has 0 spiro atoms. The summed E-state index contributed by atoms with van der Waals surface area (Å²) in [5.74, 6) is -4.77. The molecule has 0 rings (SSSR count). The zero-order chi connectivity index (χ0) is 17.9. The van der Waals surface area contributed by atoms with Crippen molar-refractivity contribution in [2.75, 3.05) is 27.7 Å². The first-order valence-electron chi connectivity index (χ1n) is 6.11. The summed E-state index contributed by atoms with van der Waals surface area (Å²) in [6, 6.07) is 0. The maximum atomic E-state index is 10.7. The molecule has 0 N–H and O–H groups in total. The van der Waals surface area contributed by atoms with Gasteiger partial charge in [-0.1, -0.05) is 0 Å². The van der Waals surface area contributed by atoms with Crippen molar-refractivity contribution in [3.63, 3.8) is 0 Å². The second-order valence-corrected chi connectivity index (χ2v) is 5.25. The second kappa shape index (κ2) is 12.8. The van der Waals surface area contributed by atoms with Gasteiger partial charge in [-0.25, -0.2) is 0 Å². The first-order chi connectivity index (χ1) is 9.83. The number of nitrogens with zero attached hydrogens (tertiary/aromatic N) is 1. The minimum absolute atomic E-state index is 0. The van der Waals surface area contributed by atoms with E-state index in [-0.39, 0.29) is 29.5 Å². The van der Waals surface area contributed by atoms with Gasteiger partial charge in [0.15, 0.2) is 6.10 Å². The Kier molecular flexibility index (Phi) is 14.7. The van der Waals surface area contributed by atoms with E-state index < -0.39 is 30.0 Å². The molecule has 0 aromatic heterocycles. The molecule has 1 atom stereocenters. The molecule has 23 heavy (non-hydrogen) atoms. The molecular weight excluding hydrogens is 322 g/mol. The second-order valence-electron chi connectivity index (χ2n) is 5.25. The van der Waals surface area contributed by atoms with E-state index in [4.69, 9.17) is 4.74 Å². The molecule has 0 unspecified atom stereocenters. The molecule has 0 saturated carbocycles. The van der Waals surface area contributed by atoms with Gasteiger partial charge in [0, 0.05) is 19.3 Å². The number of quaternary nitrogens is 1. The van der Waals surface area contributed by atoms with Gasteiger partial charge in [-0.3, -0.25) is 4.79 Å². The molecule has 126 valence electrons. The third kappa shape index (κ3) is 25.6. The molecule has 0 aliphatic carbocycles. The van der Waals surface area contributed by atoms with Crippen LogP contribution in [0.15, 0.2) is 12.2 Å². The summed E-state index contributed by atoms with van der Waals surface area (Å²) < 4.78 is 5.39. The molecule has 0 bridgehead atoms. The van der Waals surface area contributed by atoms with E-state index in [1.54, 1.807) is 0 Å². The van der Waals surface area contributed by atoms with E-state index >= 15 is 0 Å². The minimum atomic E-state index is -1.55. The fourth-order valence-electron chi connectivity index (χ4n) is 1.31. The van der Waals surface area contributed by atoms with Crippen molar-refractivity contribution in [1.82, 2.24) is 0 Å². The van der Waals surface area contributed by atoms with E-state index in [1.165, 1.54) is 6.92 Å². The average Bonchev–Trinajstić information content (AvgIpc) is 2.22. The Morgan fingerprint density at radius 1 is 1.00 bits per heavy atom. The van der Waals surface area contributed by atoms with Crippen molar-refractivity contribution in [2.24, 2.45) is 0 Å². The molecule has 0 aromatic carbocycles. The summed E-state index contributed by atoms with van der Waals surface area (Å²) in [6.07, 6.45) is -0.0998. The zero-order valence-corrected chi connectivity index (χ0v) is 15.0. The van der Waals surface area contributed by atoms with Gasteiger partial charge < -0.3 is 38.9 Å². The van der Waals surface area contributed by atoms with Crippen molar-refractivity contribution in [3.05, 3.63) is 12.2 Å². The van der Waals surface area contributed by atoms with E-state index in [0.717, 1.165) is 0 Å². The molecule has 0 amide bonds. The molecule has 0 aliphatic heterocycles. The first kappa shape index (κ1) is 26.3. The van der Waals surface area contributed by atoms with Gasteiger partial charge in [0.2, 0.25) is 0 Å². The Bertz CT molecular complexity index is 410.